The van der Waals surface area contributed by atoms with Crippen molar-refractivity contribution in [3.8, 4) is 0 Å². The van der Waals surface area contributed by atoms with Crippen LogP contribution in [0.1, 0.15) is 18.5 Å². The second-order valence-corrected chi connectivity index (χ2v) is 4.19. The van der Waals surface area contributed by atoms with Gasteiger partial charge in [-0.15, -0.1) is 0 Å². The highest BCUT2D eigenvalue weighted by molar-refractivity contribution is 5.55. The fraction of sp³-hybridized carbons (Fsp3) is 0.455. The molecule has 3 rings (SSSR count). The third kappa shape index (κ3) is 1.06. The molecule has 3 heteroatoms. The van der Waals surface area contributed by atoms with Gasteiger partial charge in [0.2, 0.25) is 0 Å². The van der Waals surface area contributed by atoms with Crippen molar-refractivity contribution in [1.29, 1.82) is 0 Å². The second kappa shape index (κ2) is 2.97. The summed E-state index contributed by atoms with van der Waals surface area (Å²) in [4.78, 5) is 0. The van der Waals surface area contributed by atoms with Crippen LogP contribution in [0.5, 0.6) is 0 Å². The highest BCUT2D eigenvalue weighted by atomic mass is 15.4. The van der Waals surface area contributed by atoms with E-state index in [2.05, 4.69) is 47.4 Å². The van der Waals surface area contributed by atoms with Crippen LogP contribution in [0, 0.1) is 5.92 Å². The Morgan fingerprint density at radius 1 is 1.21 bits per heavy atom. The van der Waals surface area contributed by atoms with Gasteiger partial charge in [-0.3, -0.25) is 5.43 Å². The first kappa shape index (κ1) is 8.26. The zero-order valence-corrected chi connectivity index (χ0v) is 8.25. The van der Waals surface area contributed by atoms with Crippen molar-refractivity contribution in [1.82, 2.24) is 10.9 Å². The van der Waals surface area contributed by atoms with E-state index in [1.54, 1.807) is 0 Å². The summed E-state index contributed by atoms with van der Waals surface area (Å²) in [7, 11) is 0. The van der Waals surface area contributed by atoms with Crippen LogP contribution in [-0.4, -0.2) is 12.6 Å². The first-order valence-corrected chi connectivity index (χ1v) is 5.20. The van der Waals surface area contributed by atoms with Gasteiger partial charge in [-0.25, -0.2) is 5.43 Å². The minimum absolute atomic E-state index is 0.474. The lowest BCUT2D eigenvalue weighted by atomic mass is 9.86. The molecule has 0 radical (unpaired) electrons. The Hall–Kier alpha value is -1.06. The van der Waals surface area contributed by atoms with E-state index in [4.69, 9.17) is 0 Å². The predicted molar refractivity (Wildman–Crippen MR) is 56.9 cm³/mol. The van der Waals surface area contributed by atoms with Crippen LogP contribution in [0.3, 0.4) is 0 Å². The van der Waals surface area contributed by atoms with Crippen LogP contribution in [0.15, 0.2) is 24.3 Å². The van der Waals surface area contributed by atoms with Crippen molar-refractivity contribution < 1.29 is 0 Å². The number of hydrazine groups is 1. The molecule has 2 aliphatic rings. The number of anilines is 1. The van der Waals surface area contributed by atoms with Gasteiger partial charge >= 0.3 is 0 Å². The van der Waals surface area contributed by atoms with E-state index in [-0.39, 0.29) is 0 Å². The highest BCUT2D eigenvalue weighted by Crippen LogP contribution is 2.36. The Kier molecular flexibility index (Phi) is 1.75. The van der Waals surface area contributed by atoms with Crippen molar-refractivity contribution >= 4 is 5.69 Å². The quantitative estimate of drug-likeness (QED) is 0.575. The number of benzene rings is 1. The minimum Gasteiger partial charge on any atom is -0.384 e. The lowest BCUT2D eigenvalue weighted by Crippen LogP contribution is -2.31. The van der Waals surface area contributed by atoms with E-state index in [0.717, 1.165) is 6.54 Å². The lowest BCUT2D eigenvalue weighted by molar-refractivity contribution is 0.444. The Bertz CT molecular complexity index is 350. The summed E-state index contributed by atoms with van der Waals surface area (Å²) >= 11 is 0. The van der Waals surface area contributed by atoms with E-state index in [9.17, 15) is 0 Å². The first-order valence-electron chi connectivity index (χ1n) is 5.20. The summed E-state index contributed by atoms with van der Waals surface area (Å²) in [5, 5.41) is 3.48. The van der Waals surface area contributed by atoms with Gasteiger partial charge in [0, 0.05) is 24.2 Å². The number of nitrogens with one attached hydrogen (secondary N) is 3. The summed E-state index contributed by atoms with van der Waals surface area (Å²) in [6.45, 7) is 3.29. The molecule has 1 saturated heterocycles. The molecule has 0 bridgehead atoms. The Morgan fingerprint density at radius 2 is 2.07 bits per heavy atom. The average molecular weight is 189 g/mol. The van der Waals surface area contributed by atoms with Gasteiger partial charge in [0.1, 0.15) is 0 Å². The molecule has 1 aromatic rings. The van der Waals surface area contributed by atoms with Crippen molar-refractivity contribution in [2.45, 2.75) is 19.0 Å². The third-order valence-corrected chi connectivity index (χ3v) is 3.36. The summed E-state index contributed by atoms with van der Waals surface area (Å²) < 4.78 is 0. The smallest absolute Gasteiger partial charge is 0.0543 e. The van der Waals surface area contributed by atoms with Gasteiger partial charge < -0.3 is 5.32 Å². The largest absolute Gasteiger partial charge is 0.384 e. The fourth-order valence-corrected chi connectivity index (χ4v) is 2.48. The fourth-order valence-electron chi connectivity index (χ4n) is 2.48. The van der Waals surface area contributed by atoms with E-state index in [0.29, 0.717) is 18.0 Å². The molecule has 3 atom stereocenters. The molecule has 14 heavy (non-hydrogen) atoms. The van der Waals surface area contributed by atoms with E-state index in [1.165, 1.54) is 11.3 Å². The second-order valence-electron chi connectivity index (χ2n) is 4.19. The van der Waals surface area contributed by atoms with Crippen LogP contribution in [-0.2, 0) is 0 Å². The summed E-state index contributed by atoms with van der Waals surface area (Å²) in [6, 6.07) is 9.55. The van der Waals surface area contributed by atoms with Crippen molar-refractivity contribution in [2.75, 3.05) is 11.9 Å². The van der Waals surface area contributed by atoms with E-state index in [1.807, 2.05) is 0 Å². The van der Waals surface area contributed by atoms with Gasteiger partial charge in [-0.1, -0.05) is 18.2 Å². The maximum Gasteiger partial charge on any atom is 0.0543 e. The van der Waals surface area contributed by atoms with Gasteiger partial charge in [-0.2, -0.15) is 0 Å². The molecule has 0 spiro atoms. The standard InChI is InChI=1S/C11H15N3/c1-7-9-6-12-10-5-3-2-4-8(10)11(9)14-13-7/h2-5,7,9,11-14H,6H2,1H3. The van der Waals surface area contributed by atoms with Crippen molar-refractivity contribution in [2.24, 2.45) is 5.92 Å². The molecule has 3 N–H and O–H groups in total. The molecule has 1 fully saturated rings. The van der Waals surface area contributed by atoms with Gasteiger partial charge in [-0.05, 0) is 18.6 Å². The number of fused-ring (bicyclic) bond motifs is 3. The summed E-state index contributed by atoms with van der Waals surface area (Å²) in [5.41, 5.74) is 9.35. The van der Waals surface area contributed by atoms with E-state index >= 15 is 0 Å². The zero-order chi connectivity index (χ0) is 9.54. The molecular formula is C11H15N3. The maximum atomic E-state index is 3.48. The Balaban J connectivity index is 2.03. The van der Waals surface area contributed by atoms with Crippen LogP contribution >= 0.6 is 0 Å². The van der Waals surface area contributed by atoms with Gasteiger partial charge in [0.05, 0.1) is 6.04 Å². The molecule has 74 valence electrons. The number of hydrogen-bond donors (Lipinski definition) is 3. The molecule has 0 aromatic heterocycles. The summed E-state index contributed by atoms with van der Waals surface area (Å²) in [5.74, 6) is 0.657. The SMILES string of the molecule is CC1NNC2c3ccccc3NCC12. The average Bonchev–Trinajstić information content (AvgIpc) is 2.61. The zero-order valence-electron chi connectivity index (χ0n) is 8.25. The molecular weight excluding hydrogens is 174 g/mol. The number of rotatable bonds is 0. The van der Waals surface area contributed by atoms with Gasteiger partial charge in [0.25, 0.3) is 0 Å². The van der Waals surface area contributed by atoms with Crippen LogP contribution < -0.4 is 16.2 Å². The number of para-hydroxylation sites is 1. The van der Waals surface area contributed by atoms with Crippen LogP contribution in [0.2, 0.25) is 0 Å². The van der Waals surface area contributed by atoms with Crippen LogP contribution in [0.25, 0.3) is 0 Å². The van der Waals surface area contributed by atoms with E-state index < -0.39 is 0 Å². The Morgan fingerprint density at radius 3 is 3.00 bits per heavy atom. The first-order chi connectivity index (χ1) is 6.86. The third-order valence-electron chi connectivity index (χ3n) is 3.36. The molecule has 2 aliphatic heterocycles. The molecule has 3 unspecified atom stereocenters. The summed E-state index contributed by atoms with van der Waals surface area (Å²) in [6.07, 6.45) is 0. The van der Waals surface area contributed by atoms with Crippen molar-refractivity contribution in [3.63, 3.8) is 0 Å². The lowest BCUT2D eigenvalue weighted by Gasteiger charge is -2.29. The highest BCUT2D eigenvalue weighted by Gasteiger charge is 2.37. The normalized spacial score (nSPS) is 34.5. The molecule has 2 heterocycles. The molecule has 0 amide bonds. The molecule has 1 aromatic carbocycles. The molecule has 0 aliphatic carbocycles. The van der Waals surface area contributed by atoms with Crippen LogP contribution in [0.4, 0.5) is 5.69 Å². The Labute approximate surface area is 83.9 Å². The monoisotopic (exact) mass is 189 g/mol. The minimum atomic E-state index is 0.474. The van der Waals surface area contributed by atoms with Gasteiger partial charge in [0.15, 0.2) is 0 Å². The van der Waals surface area contributed by atoms with Crippen molar-refractivity contribution in [3.05, 3.63) is 29.8 Å². The topological polar surface area (TPSA) is 36.1 Å². The predicted octanol–water partition coefficient (Wildman–Crippen LogP) is 1.27. The number of hydrogen-bond acceptors (Lipinski definition) is 3. The molecule has 3 nitrogen and oxygen atoms in total. The maximum absolute atomic E-state index is 3.48. The molecule has 0 saturated carbocycles.